The van der Waals surface area contributed by atoms with Crippen LogP contribution in [0.5, 0.6) is 5.75 Å². The molecule has 7 heteroatoms. The van der Waals surface area contributed by atoms with Crippen molar-refractivity contribution in [3.05, 3.63) is 29.3 Å². The molecule has 0 aliphatic carbocycles. The number of carboxylic acid groups (broad SMARTS) is 1. The Hall–Kier alpha value is -1.79. The van der Waals surface area contributed by atoms with Crippen LogP contribution in [0.1, 0.15) is 6.92 Å². The number of amides is 1. The average molecular weight is 314 g/mol. The van der Waals surface area contributed by atoms with E-state index in [4.69, 9.17) is 26.2 Å². The van der Waals surface area contributed by atoms with Crippen LogP contribution in [0.4, 0.5) is 0 Å². The molecule has 0 bridgehead atoms. The molecule has 0 saturated carbocycles. The first kappa shape index (κ1) is 15.6. The molecule has 6 nitrogen and oxygen atoms in total. The molecule has 0 unspecified atom stereocenters. The first-order chi connectivity index (χ1) is 9.99. The average Bonchev–Trinajstić information content (AvgIpc) is 2.49. The summed E-state index contributed by atoms with van der Waals surface area (Å²) in [6, 6.07) is 6.86. The maximum Gasteiger partial charge on any atom is 0.334 e. The van der Waals surface area contributed by atoms with E-state index >= 15 is 0 Å². The largest absolute Gasteiger partial charge is 0.479 e. The third kappa shape index (κ3) is 3.86. The Kier molecular flexibility index (Phi) is 5.03. The Morgan fingerprint density at radius 2 is 2.19 bits per heavy atom. The van der Waals surface area contributed by atoms with Gasteiger partial charge in [0.2, 0.25) is 0 Å². The molecule has 1 aliphatic heterocycles. The van der Waals surface area contributed by atoms with Gasteiger partial charge in [-0.2, -0.15) is 0 Å². The second kappa shape index (κ2) is 6.78. The standard InChI is InChI=1S/C14H16ClNO5/c1-9(21-11-5-3-2-4-10(11)15)13(17)16-6-7-20-12(8-16)14(18)19/h2-5,9,12H,6-8H2,1H3,(H,18,19)/t9-,12-/m1/s1. The molecule has 2 rings (SSSR count). The first-order valence-electron chi connectivity index (χ1n) is 6.53. The molecule has 1 fully saturated rings. The molecule has 1 aromatic carbocycles. The predicted molar refractivity (Wildman–Crippen MR) is 75.5 cm³/mol. The number of rotatable bonds is 4. The molecule has 2 atom stereocenters. The fraction of sp³-hybridized carbons (Fsp3) is 0.429. The highest BCUT2D eigenvalue weighted by molar-refractivity contribution is 6.32. The lowest BCUT2D eigenvalue weighted by Crippen LogP contribution is -2.51. The lowest BCUT2D eigenvalue weighted by atomic mass is 10.2. The minimum absolute atomic E-state index is 0.0182. The van der Waals surface area contributed by atoms with Crippen LogP contribution in [0.3, 0.4) is 0 Å². The quantitative estimate of drug-likeness (QED) is 0.910. The monoisotopic (exact) mass is 313 g/mol. The molecule has 1 saturated heterocycles. The number of halogens is 1. The first-order valence-corrected chi connectivity index (χ1v) is 6.91. The Bertz CT molecular complexity index is 536. The van der Waals surface area contributed by atoms with Gasteiger partial charge in [0, 0.05) is 6.54 Å². The Balaban J connectivity index is 1.99. The number of benzene rings is 1. The number of morpholine rings is 1. The van der Waals surface area contributed by atoms with Gasteiger partial charge in [-0.1, -0.05) is 23.7 Å². The highest BCUT2D eigenvalue weighted by Gasteiger charge is 2.31. The van der Waals surface area contributed by atoms with E-state index in [1.165, 1.54) is 4.90 Å². The van der Waals surface area contributed by atoms with Gasteiger partial charge >= 0.3 is 5.97 Å². The number of nitrogens with zero attached hydrogens (tertiary/aromatic N) is 1. The van der Waals surface area contributed by atoms with E-state index in [1.807, 2.05) is 0 Å². The van der Waals surface area contributed by atoms with Crippen molar-refractivity contribution in [2.24, 2.45) is 0 Å². The second-order valence-corrected chi connectivity index (χ2v) is 5.08. The minimum atomic E-state index is -1.08. The maximum atomic E-state index is 12.3. The summed E-state index contributed by atoms with van der Waals surface area (Å²) >= 11 is 5.98. The summed E-state index contributed by atoms with van der Waals surface area (Å²) in [6.07, 6.45) is -1.74. The van der Waals surface area contributed by atoms with Crippen molar-refractivity contribution in [3.8, 4) is 5.75 Å². The fourth-order valence-corrected chi connectivity index (χ4v) is 2.22. The number of carbonyl (C=O) groups excluding carboxylic acids is 1. The van der Waals surface area contributed by atoms with E-state index in [0.29, 0.717) is 17.3 Å². The van der Waals surface area contributed by atoms with Crippen molar-refractivity contribution in [2.75, 3.05) is 19.7 Å². The van der Waals surface area contributed by atoms with Crippen molar-refractivity contribution >= 4 is 23.5 Å². The number of carbonyl (C=O) groups is 2. The summed E-state index contributed by atoms with van der Waals surface area (Å²) < 4.78 is 10.6. The van der Waals surface area contributed by atoms with E-state index < -0.39 is 18.2 Å². The molecule has 1 aromatic rings. The van der Waals surface area contributed by atoms with Gasteiger partial charge in [0.05, 0.1) is 18.2 Å². The summed E-state index contributed by atoms with van der Waals surface area (Å²) in [5, 5.41) is 9.36. The van der Waals surface area contributed by atoms with E-state index in [2.05, 4.69) is 0 Å². The predicted octanol–water partition coefficient (Wildman–Crippen LogP) is 1.42. The van der Waals surface area contributed by atoms with Crippen LogP contribution >= 0.6 is 11.6 Å². The summed E-state index contributed by atoms with van der Waals surface area (Å²) in [6.45, 7) is 2.17. The third-order valence-electron chi connectivity index (χ3n) is 3.14. The van der Waals surface area contributed by atoms with Crippen LogP contribution in [0, 0.1) is 0 Å². The number of carboxylic acids is 1. The second-order valence-electron chi connectivity index (χ2n) is 4.67. The zero-order chi connectivity index (χ0) is 15.4. The van der Waals surface area contributed by atoms with Gasteiger partial charge in [-0.3, -0.25) is 4.79 Å². The molecule has 1 heterocycles. The molecule has 0 spiro atoms. The van der Waals surface area contributed by atoms with Crippen LogP contribution < -0.4 is 4.74 Å². The molecular weight excluding hydrogens is 298 g/mol. The molecule has 21 heavy (non-hydrogen) atoms. The Morgan fingerprint density at radius 3 is 2.86 bits per heavy atom. The van der Waals surface area contributed by atoms with Crippen molar-refractivity contribution < 1.29 is 24.2 Å². The molecule has 0 radical (unpaired) electrons. The number of hydrogen-bond donors (Lipinski definition) is 1. The molecular formula is C14H16ClNO5. The van der Waals surface area contributed by atoms with Crippen LogP contribution in [-0.4, -0.2) is 53.8 Å². The topological polar surface area (TPSA) is 76.1 Å². The summed E-state index contributed by atoms with van der Waals surface area (Å²) in [7, 11) is 0. The van der Waals surface area contributed by atoms with Crippen LogP contribution in [-0.2, 0) is 14.3 Å². The smallest absolute Gasteiger partial charge is 0.334 e. The highest BCUT2D eigenvalue weighted by Crippen LogP contribution is 2.24. The van der Waals surface area contributed by atoms with Gasteiger partial charge in [-0.05, 0) is 19.1 Å². The number of para-hydroxylation sites is 1. The molecule has 1 aliphatic rings. The fourth-order valence-electron chi connectivity index (χ4n) is 2.04. The van der Waals surface area contributed by atoms with E-state index in [-0.39, 0.29) is 19.1 Å². The lowest BCUT2D eigenvalue weighted by Gasteiger charge is -2.32. The Labute approximate surface area is 127 Å². The summed E-state index contributed by atoms with van der Waals surface area (Å²) in [5.74, 6) is -0.945. The zero-order valence-corrected chi connectivity index (χ0v) is 12.2. The third-order valence-corrected chi connectivity index (χ3v) is 3.45. The lowest BCUT2D eigenvalue weighted by molar-refractivity contribution is -0.161. The van der Waals surface area contributed by atoms with E-state index in [1.54, 1.807) is 31.2 Å². The van der Waals surface area contributed by atoms with Crippen LogP contribution in [0.15, 0.2) is 24.3 Å². The van der Waals surface area contributed by atoms with Crippen molar-refractivity contribution in [1.29, 1.82) is 0 Å². The molecule has 1 N–H and O–H groups in total. The van der Waals surface area contributed by atoms with Crippen LogP contribution in [0.25, 0.3) is 0 Å². The van der Waals surface area contributed by atoms with Crippen molar-refractivity contribution in [3.63, 3.8) is 0 Å². The van der Waals surface area contributed by atoms with Gasteiger partial charge in [0.15, 0.2) is 12.2 Å². The SMILES string of the molecule is C[C@@H](Oc1ccccc1Cl)C(=O)N1CCO[C@@H](C(=O)O)C1. The van der Waals surface area contributed by atoms with E-state index in [0.717, 1.165) is 0 Å². The van der Waals surface area contributed by atoms with Gasteiger partial charge in [0.25, 0.3) is 5.91 Å². The summed E-state index contributed by atoms with van der Waals surface area (Å²) in [4.78, 5) is 24.6. The molecule has 1 amide bonds. The van der Waals surface area contributed by atoms with E-state index in [9.17, 15) is 9.59 Å². The number of hydrogen-bond acceptors (Lipinski definition) is 4. The van der Waals surface area contributed by atoms with Gasteiger partial charge < -0.3 is 19.5 Å². The number of aliphatic carboxylic acids is 1. The van der Waals surface area contributed by atoms with Crippen LogP contribution in [0.2, 0.25) is 5.02 Å². The van der Waals surface area contributed by atoms with Gasteiger partial charge in [-0.25, -0.2) is 4.79 Å². The zero-order valence-electron chi connectivity index (χ0n) is 11.5. The minimum Gasteiger partial charge on any atom is -0.479 e. The molecule has 0 aromatic heterocycles. The maximum absolute atomic E-state index is 12.3. The highest BCUT2D eigenvalue weighted by atomic mass is 35.5. The van der Waals surface area contributed by atoms with Crippen molar-refractivity contribution in [1.82, 2.24) is 4.90 Å². The molecule has 114 valence electrons. The normalized spacial score (nSPS) is 19.9. The Morgan fingerprint density at radius 1 is 1.48 bits per heavy atom. The van der Waals surface area contributed by atoms with Gasteiger partial charge in [0.1, 0.15) is 5.75 Å². The number of ether oxygens (including phenoxy) is 2. The van der Waals surface area contributed by atoms with Crippen molar-refractivity contribution in [2.45, 2.75) is 19.1 Å². The summed E-state index contributed by atoms with van der Waals surface area (Å²) in [5.41, 5.74) is 0. The van der Waals surface area contributed by atoms with Gasteiger partial charge in [-0.15, -0.1) is 0 Å².